The predicted octanol–water partition coefficient (Wildman–Crippen LogP) is 8.51. The third-order valence-corrected chi connectivity index (χ3v) is 7.55. The molecule has 0 atom stereocenters. The number of imide groups is 1. The van der Waals surface area contributed by atoms with Crippen LogP contribution in [0.2, 0.25) is 20.1 Å². The highest BCUT2D eigenvalue weighted by atomic mass is 35.5. The first-order chi connectivity index (χ1) is 17.3. The summed E-state index contributed by atoms with van der Waals surface area (Å²) in [5.41, 5.74) is 2.05. The van der Waals surface area contributed by atoms with Crippen molar-refractivity contribution in [1.82, 2.24) is 4.90 Å². The van der Waals surface area contributed by atoms with Crippen LogP contribution >= 0.6 is 58.2 Å². The van der Waals surface area contributed by atoms with Crippen molar-refractivity contribution >= 4 is 75.4 Å². The topological polar surface area (TPSA) is 55.8 Å². The molecule has 3 aromatic rings. The summed E-state index contributed by atoms with van der Waals surface area (Å²) in [7, 11) is 0. The summed E-state index contributed by atoms with van der Waals surface area (Å²) in [4.78, 5) is 27.0. The Kier molecular flexibility index (Phi) is 8.75. The van der Waals surface area contributed by atoms with Crippen LogP contribution in [0.1, 0.15) is 23.6 Å². The summed E-state index contributed by atoms with van der Waals surface area (Å²) in [6.45, 7) is 2.52. The number of halogens is 4. The zero-order valence-corrected chi connectivity index (χ0v) is 22.7. The second kappa shape index (κ2) is 11.8. The third kappa shape index (κ3) is 6.13. The van der Waals surface area contributed by atoms with Gasteiger partial charge in [-0.25, -0.2) is 0 Å². The molecule has 10 heteroatoms. The number of amides is 2. The van der Waals surface area contributed by atoms with E-state index in [9.17, 15) is 9.59 Å². The van der Waals surface area contributed by atoms with E-state index >= 15 is 0 Å². The van der Waals surface area contributed by atoms with E-state index in [1.165, 1.54) is 4.90 Å². The first-order valence-electron chi connectivity index (χ1n) is 10.8. The van der Waals surface area contributed by atoms with Crippen molar-refractivity contribution in [2.45, 2.75) is 20.1 Å². The number of nitrogens with zero attached hydrogens (tertiary/aromatic N) is 1. The predicted molar refractivity (Wildman–Crippen MR) is 146 cm³/mol. The van der Waals surface area contributed by atoms with Crippen LogP contribution in [0.4, 0.5) is 4.79 Å². The van der Waals surface area contributed by atoms with Gasteiger partial charge in [0.1, 0.15) is 6.61 Å². The minimum Gasteiger partial charge on any atom is -0.490 e. The maximum atomic E-state index is 13.0. The van der Waals surface area contributed by atoms with Crippen molar-refractivity contribution in [2.75, 3.05) is 6.61 Å². The monoisotopic (exact) mass is 581 g/mol. The molecule has 0 spiro atoms. The van der Waals surface area contributed by atoms with Gasteiger partial charge in [0.15, 0.2) is 11.5 Å². The van der Waals surface area contributed by atoms with Crippen LogP contribution in [0.15, 0.2) is 59.5 Å². The molecule has 1 aliphatic heterocycles. The molecule has 0 N–H and O–H groups in total. The lowest BCUT2D eigenvalue weighted by atomic mass is 10.1. The van der Waals surface area contributed by atoms with Crippen LogP contribution in [0, 0.1) is 0 Å². The molecule has 0 saturated carbocycles. The van der Waals surface area contributed by atoms with Crippen LogP contribution < -0.4 is 9.47 Å². The first-order valence-corrected chi connectivity index (χ1v) is 13.1. The normalized spacial score (nSPS) is 14.6. The summed E-state index contributed by atoms with van der Waals surface area (Å²) < 4.78 is 11.7. The molecular weight excluding hydrogens is 564 g/mol. The van der Waals surface area contributed by atoms with Gasteiger partial charge in [0.2, 0.25) is 0 Å². The van der Waals surface area contributed by atoms with Crippen LogP contribution in [0.5, 0.6) is 11.5 Å². The molecule has 36 heavy (non-hydrogen) atoms. The Labute approximate surface area is 232 Å². The molecule has 0 unspecified atom stereocenters. The smallest absolute Gasteiger partial charge is 0.293 e. The van der Waals surface area contributed by atoms with Crippen molar-refractivity contribution in [3.8, 4) is 11.5 Å². The molecule has 0 aromatic heterocycles. The highest BCUT2D eigenvalue weighted by Gasteiger charge is 2.35. The van der Waals surface area contributed by atoms with Crippen molar-refractivity contribution in [3.05, 3.63) is 96.3 Å². The van der Waals surface area contributed by atoms with Crippen molar-refractivity contribution in [1.29, 1.82) is 0 Å². The van der Waals surface area contributed by atoms with Gasteiger partial charge in [-0.2, -0.15) is 0 Å². The lowest BCUT2D eigenvalue weighted by Crippen LogP contribution is -2.27. The lowest BCUT2D eigenvalue weighted by Gasteiger charge is -2.14. The fourth-order valence-electron chi connectivity index (χ4n) is 3.43. The summed E-state index contributed by atoms with van der Waals surface area (Å²) in [6.07, 6.45) is 1.65. The standard InChI is InChI=1S/C26H19Cl4NO4S/c1-2-34-23-11-15(7-9-22(23)35-14-17-18(27)4-3-5-19(17)28)12-24-25(32)31(26(33)36-24)13-16-6-8-20(29)21(30)10-16/h3-12H,2,13-14H2,1H3/b24-12-. The van der Waals surface area contributed by atoms with E-state index in [0.717, 1.165) is 11.8 Å². The molecule has 1 heterocycles. The van der Waals surface area contributed by atoms with Crippen LogP contribution in [-0.4, -0.2) is 22.7 Å². The third-order valence-electron chi connectivity index (χ3n) is 5.20. The van der Waals surface area contributed by atoms with Gasteiger partial charge < -0.3 is 9.47 Å². The minimum absolute atomic E-state index is 0.0977. The average Bonchev–Trinajstić information content (AvgIpc) is 3.09. The van der Waals surface area contributed by atoms with Gasteiger partial charge in [0.25, 0.3) is 11.1 Å². The van der Waals surface area contributed by atoms with Gasteiger partial charge in [-0.15, -0.1) is 0 Å². The molecule has 1 fully saturated rings. The van der Waals surface area contributed by atoms with E-state index < -0.39 is 0 Å². The van der Waals surface area contributed by atoms with Gasteiger partial charge in [0, 0.05) is 15.6 Å². The number of carbonyl (C=O) groups is 2. The number of hydrogen-bond acceptors (Lipinski definition) is 5. The molecule has 0 aliphatic carbocycles. The maximum Gasteiger partial charge on any atom is 0.293 e. The Morgan fingerprint density at radius 2 is 1.61 bits per heavy atom. The van der Waals surface area contributed by atoms with Gasteiger partial charge in [-0.05, 0) is 72.3 Å². The Balaban J connectivity index is 1.52. The summed E-state index contributed by atoms with van der Waals surface area (Å²) >= 11 is 25.4. The highest BCUT2D eigenvalue weighted by molar-refractivity contribution is 8.18. The number of ether oxygens (including phenoxy) is 2. The quantitative estimate of drug-likeness (QED) is 0.249. The molecule has 5 nitrogen and oxygen atoms in total. The zero-order chi connectivity index (χ0) is 25.8. The molecule has 1 saturated heterocycles. The van der Waals surface area contributed by atoms with Gasteiger partial charge in [-0.1, -0.05) is 64.6 Å². The summed E-state index contributed by atoms with van der Waals surface area (Å²) in [5.74, 6) is 0.602. The number of rotatable bonds is 8. The summed E-state index contributed by atoms with van der Waals surface area (Å²) in [5, 5.41) is 1.42. The fourth-order valence-corrected chi connectivity index (χ4v) is 5.10. The van der Waals surface area contributed by atoms with E-state index in [-0.39, 0.29) is 24.3 Å². The van der Waals surface area contributed by atoms with Crippen molar-refractivity contribution < 1.29 is 19.1 Å². The van der Waals surface area contributed by atoms with E-state index in [0.29, 0.717) is 59.8 Å². The van der Waals surface area contributed by atoms with Crippen LogP contribution in [-0.2, 0) is 17.9 Å². The Hall–Kier alpha value is -2.35. The molecule has 4 rings (SSSR count). The highest BCUT2D eigenvalue weighted by Crippen LogP contribution is 2.36. The molecule has 3 aromatic carbocycles. The molecule has 0 bridgehead atoms. The SMILES string of the molecule is CCOc1cc(/C=C2\SC(=O)N(Cc3ccc(Cl)c(Cl)c3)C2=O)ccc1OCc1c(Cl)cccc1Cl. The molecule has 0 radical (unpaired) electrons. The molecule has 186 valence electrons. The maximum absolute atomic E-state index is 13.0. The van der Waals surface area contributed by atoms with Crippen LogP contribution in [0.25, 0.3) is 6.08 Å². The van der Waals surface area contributed by atoms with E-state index in [2.05, 4.69) is 0 Å². The average molecular weight is 583 g/mol. The largest absolute Gasteiger partial charge is 0.490 e. The summed E-state index contributed by atoms with van der Waals surface area (Å²) in [6, 6.07) is 15.5. The van der Waals surface area contributed by atoms with Crippen molar-refractivity contribution in [2.24, 2.45) is 0 Å². The zero-order valence-electron chi connectivity index (χ0n) is 18.9. The van der Waals surface area contributed by atoms with Crippen molar-refractivity contribution in [3.63, 3.8) is 0 Å². The van der Waals surface area contributed by atoms with Gasteiger partial charge in [-0.3, -0.25) is 14.5 Å². The fraction of sp³-hybridized carbons (Fsp3) is 0.154. The number of benzene rings is 3. The number of thioether (sulfide) groups is 1. The lowest BCUT2D eigenvalue weighted by molar-refractivity contribution is -0.123. The van der Waals surface area contributed by atoms with E-state index in [1.54, 1.807) is 60.7 Å². The first kappa shape index (κ1) is 26.7. The van der Waals surface area contributed by atoms with Gasteiger partial charge in [0.05, 0.1) is 28.1 Å². The second-order valence-electron chi connectivity index (χ2n) is 7.64. The Morgan fingerprint density at radius 1 is 0.861 bits per heavy atom. The number of carbonyl (C=O) groups excluding carboxylic acids is 2. The molecule has 2 amide bonds. The van der Waals surface area contributed by atoms with E-state index in [4.69, 9.17) is 55.9 Å². The molecular formula is C26H19Cl4NO4S. The minimum atomic E-state index is -0.386. The Bertz CT molecular complexity index is 1340. The number of hydrogen-bond donors (Lipinski definition) is 0. The molecule has 1 aliphatic rings. The Morgan fingerprint density at radius 3 is 2.31 bits per heavy atom. The second-order valence-corrected chi connectivity index (χ2v) is 10.3. The van der Waals surface area contributed by atoms with Gasteiger partial charge >= 0.3 is 0 Å². The van der Waals surface area contributed by atoms with Crippen LogP contribution in [0.3, 0.4) is 0 Å². The van der Waals surface area contributed by atoms with E-state index in [1.807, 2.05) is 6.92 Å².